The second-order valence-corrected chi connectivity index (χ2v) is 13.8. The standard InChI is InChI=1S/C19H31NO3Si/c1-11-13-9-20-10-14(13)12(2)17(24(6,7)8)15(11)16(18(21)22)23-19(3,4)5/h16,20H,9-10H2,1-8H3,(H,21,22). The van der Waals surface area contributed by atoms with E-state index in [1.807, 2.05) is 20.8 Å². The van der Waals surface area contributed by atoms with Gasteiger partial charge in [-0.05, 0) is 62.4 Å². The van der Waals surface area contributed by atoms with Gasteiger partial charge in [-0.15, -0.1) is 0 Å². The summed E-state index contributed by atoms with van der Waals surface area (Å²) >= 11 is 0. The minimum atomic E-state index is -1.75. The van der Waals surface area contributed by atoms with Gasteiger partial charge in [0.1, 0.15) is 0 Å². The van der Waals surface area contributed by atoms with E-state index in [0.717, 1.165) is 24.2 Å². The normalized spacial score (nSPS) is 16.2. The van der Waals surface area contributed by atoms with Crippen LogP contribution in [-0.4, -0.2) is 24.8 Å². The van der Waals surface area contributed by atoms with Crippen molar-refractivity contribution in [3.63, 3.8) is 0 Å². The Balaban J connectivity index is 2.80. The van der Waals surface area contributed by atoms with Crippen LogP contribution in [0.15, 0.2) is 0 Å². The van der Waals surface area contributed by atoms with Crippen molar-refractivity contribution in [3.8, 4) is 0 Å². The molecular formula is C19H31NO3Si. The smallest absolute Gasteiger partial charge is 0.337 e. The number of nitrogens with one attached hydrogen (secondary N) is 1. The van der Waals surface area contributed by atoms with E-state index < -0.39 is 25.7 Å². The number of carboxylic acids is 1. The van der Waals surface area contributed by atoms with Crippen LogP contribution in [0.5, 0.6) is 0 Å². The number of carbonyl (C=O) groups is 1. The highest BCUT2D eigenvalue weighted by Crippen LogP contribution is 2.34. The van der Waals surface area contributed by atoms with Crippen LogP contribution in [-0.2, 0) is 22.6 Å². The number of ether oxygens (including phenoxy) is 1. The lowest BCUT2D eigenvalue weighted by Crippen LogP contribution is -2.46. The van der Waals surface area contributed by atoms with Crippen LogP contribution in [0.1, 0.15) is 54.7 Å². The fraction of sp³-hybridized carbons (Fsp3) is 0.632. The molecule has 1 atom stereocenters. The maximum atomic E-state index is 12.1. The highest BCUT2D eigenvalue weighted by atomic mass is 28.3. The maximum Gasteiger partial charge on any atom is 0.337 e. The van der Waals surface area contributed by atoms with Crippen LogP contribution in [0, 0.1) is 13.8 Å². The number of aliphatic carboxylic acids is 1. The molecule has 0 aliphatic carbocycles. The highest BCUT2D eigenvalue weighted by Gasteiger charge is 2.37. The van der Waals surface area contributed by atoms with Crippen LogP contribution in [0.3, 0.4) is 0 Å². The summed E-state index contributed by atoms with van der Waals surface area (Å²) in [6.45, 7) is 18.5. The van der Waals surface area contributed by atoms with Crippen LogP contribution in [0.25, 0.3) is 0 Å². The molecule has 0 saturated carbocycles. The predicted octanol–water partition coefficient (Wildman–Crippen LogP) is 3.39. The zero-order valence-corrected chi connectivity index (χ0v) is 17.3. The lowest BCUT2D eigenvalue weighted by Gasteiger charge is -2.33. The van der Waals surface area contributed by atoms with E-state index in [4.69, 9.17) is 4.74 Å². The molecule has 1 heterocycles. The van der Waals surface area contributed by atoms with Gasteiger partial charge in [0, 0.05) is 13.1 Å². The summed E-state index contributed by atoms with van der Waals surface area (Å²) in [5.74, 6) is -0.905. The molecular weight excluding hydrogens is 318 g/mol. The van der Waals surface area contributed by atoms with Crippen LogP contribution >= 0.6 is 0 Å². The molecule has 0 radical (unpaired) electrons. The van der Waals surface area contributed by atoms with E-state index in [-0.39, 0.29) is 0 Å². The molecule has 24 heavy (non-hydrogen) atoms. The van der Waals surface area contributed by atoms with Gasteiger partial charge >= 0.3 is 5.97 Å². The number of rotatable bonds is 4. The second kappa shape index (κ2) is 6.28. The number of hydrogen-bond donors (Lipinski definition) is 2. The average molecular weight is 350 g/mol. The largest absolute Gasteiger partial charge is 0.479 e. The number of benzene rings is 1. The van der Waals surface area contributed by atoms with Gasteiger partial charge < -0.3 is 15.2 Å². The summed E-state index contributed by atoms with van der Waals surface area (Å²) in [5.41, 5.74) is 5.35. The van der Waals surface area contributed by atoms with Crippen molar-refractivity contribution < 1.29 is 14.6 Å². The molecule has 4 nitrogen and oxygen atoms in total. The Kier molecular flexibility index (Phi) is 5.01. The van der Waals surface area contributed by atoms with Crippen LogP contribution in [0.4, 0.5) is 0 Å². The van der Waals surface area contributed by atoms with Gasteiger partial charge in [0.05, 0.1) is 13.7 Å². The maximum absolute atomic E-state index is 12.1. The summed E-state index contributed by atoms with van der Waals surface area (Å²) in [4.78, 5) is 12.1. The summed E-state index contributed by atoms with van der Waals surface area (Å²) in [7, 11) is -1.75. The molecule has 1 unspecified atom stereocenters. The first-order valence-corrected chi connectivity index (χ1v) is 12.1. The lowest BCUT2D eigenvalue weighted by molar-refractivity contribution is -0.160. The van der Waals surface area contributed by atoms with Gasteiger partial charge in [-0.25, -0.2) is 4.79 Å². The molecule has 2 rings (SSSR count). The van der Waals surface area contributed by atoms with Gasteiger partial charge in [0.25, 0.3) is 0 Å². The van der Waals surface area contributed by atoms with E-state index in [2.05, 4.69) is 38.8 Å². The van der Waals surface area contributed by atoms with Crippen molar-refractivity contribution in [2.24, 2.45) is 0 Å². The summed E-state index contributed by atoms with van der Waals surface area (Å²) in [6, 6.07) is 0. The van der Waals surface area contributed by atoms with Gasteiger partial charge in [-0.3, -0.25) is 0 Å². The van der Waals surface area contributed by atoms with Gasteiger partial charge in [-0.1, -0.05) is 24.8 Å². The van der Waals surface area contributed by atoms with Crippen molar-refractivity contribution >= 4 is 19.2 Å². The second-order valence-electron chi connectivity index (χ2n) is 8.80. The summed E-state index contributed by atoms with van der Waals surface area (Å²) < 4.78 is 6.02. The molecule has 134 valence electrons. The fourth-order valence-corrected chi connectivity index (χ4v) is 6.23. The molecule has 1 aliphatic rings. The minimum Gasteiger partial charge on any atom is -0.479 e. The third-order valence-electron chi connectivity index (χ3n) is 4.63. The fourth-order valence-electron chi connectivity index (χ4n) is 3.83. The Hall–Kier alpha value is -1.17. The average Bonchev–Trinajstić information content (AvgIpc) is 2.87. The quantitative estimate of drug-likeness (QED) is 0.818. The van der Waals surface area contributed by atoms with Crippen LogP contribution < -0.4 is 10.5 Å². The Bertz CT molecular complexity index is 669. The number of carboxylic acid groups (broad SMARTS) is 1. The van der Waals surface area contributed by atoms with Gasteiger partial charge in [0.15, 0.2) is 6.10 Å². The molecule has 0 aromatic heterocycles. The summed E-state index contributed by atoms with van der Waals surface area (Å²) in [5, 5.41) is 14.6. The minimum absolute atomic E-state index is 0.516. The van der Waals surface area contributed by atoms with Crippen molar-refractivity contribution in [1.82, 2.24) is 5.32 Å². The molecule has 1 aromatic carbocycles. The summed E-state index contributed by atoms with van der Waals surface area (Å²) in [6.07, 6.45) is -0.920. The SMILES string of the molecule is Cc1c2c(c(C)c([Si](C)(C)C)c1C(OC(C)(C)C)C(=O)O)CNC2. The Morgan fingerprint density at radius 2 is 1.62 bits per heavy atom. The van der Waals surface area contributed by atoms with E-state index in [1.54, 1.807) is 0 Å². The van der Waals surface area contributed by atoms with Gasteiger partial charge in [0.2, 0.25) is 0 Å². The van der Waals surface area contributed by atoms with E-state index in [0.29, 0.717) is 0 Å². The van der Waals surface area contributed by atoms with E-state index >= 15 is 0 Å². The molecule has 0 spiro atoms. The number of fused-ring (bicyclic) bond motifs is 1. The molecule has 0 bridgehead atoms. The Labute approximate surface area is 146 Å². The molecule has 1 aromatic rings. The molecule has 5 heteroatoms. The highest BCUT2D eigenvalue weighted by molar-refractivity contribution is 6.89. The third-order valence-corrected chi connectivity index (χ3v) is 6.77. The predicted molar refractivity (Wildman–Crippen MR) is 101 cm³/mol. The molecule has 0 saturated heterocycles. The number of hydrogen-bond acceptors (Lipinski definition) is 3. The molecule has 0 fully saturated rings. The zero-order valence-electron chi connectivity index (χ0n) is 16.3. The molecule has 1 aliphatic heterocycles. The van der Waals surface area contributed by atoms with Crippen LogP contribution in [0.2, 0.25) is 19.6 Å². The van der Waals surface area contributed by atoms with Crippen molar-refractivity contribution in [1.29, 1.82) is 0 Å². The molecule has 0 amide bonds. The van der Waals surface area contributed by atoms with E-state index in [9.17, 15) is 9.90 Å². The van der Waals surface area contributed by atoms with Crippen molar-refractivity contribution in [2.75, 3.05) is 0 Å². The first-order valence-electron chi connectivity index (χ1n) is 8.61. The van der Waals surface area contributed by atoms with Crippen molar-refractivity contribution in [3.05, 3.63) is 27.8 Å². The Morgan fingerprint density at radius 3 is 2.04 bits per heavy atom. The first-order chi connectivity index (χ1) is 10.8. The topological polar surface area (TPSA) is 58.6 Å². The Morgan fingerprint density at radius 1 is 1.12 bits per heavy atom. The van der Waals surface area contributed by atoms with E-state index in [1.165, 1.54) is 21.9 Å². The zero-order chi connectivity index (χ0) is 18.4. The lowest BCUT2D eigenvalue weighted by atomic mass is 9.91. The monoisotopic (exact) mass is 349 g/mol. The molecule has 2 N–H and O–H groups in total. The first kappa shape index (κ1) is 19.2. The third kappa shape index (κ3) is 3.58. The van der Waals surface area contributed by atoms with Gasteiger partial charge in [-0.2, -0.15) is 0 Å². The van der Waals surface area contributed by atoms with Crippen molar-refractivity contribution in [2.45, 2.75) is 79.1 Å².